The van der Waals surface area contributed by atoms with Crippen LogP contribution >= 0.6 is 11.6 Å². The van der Waals surface area contributed by atoms with Crippen molar-refractivity contribution >= 4 is 50.9 Å². The Balaban J connectivity index is 1.26. The summed E-state index contributed by atoms with van der Waals surface area (Å²) in [5.74, 6) is -1.33. The van der Waals surface area contributed by atoms with Crippen molar-refractivity contribution in [1.29, 1.82) is 0 Å². The molecule has 5 rings (SSSR count). The molecule has 0 saturated carbocycles. The third-order valence-corrected chi connectivity index (χ3v) is 7.22. The number of hydrogen-bond acceptors (Lipinski definition) is 11. The van der Waals surface area contributed by atoms with Gasteiger partial charge in [-0.15, -0.1) is 5.10 Å². The number of phenols is 1. The molecule has 1 amide bonds. The number of anilines is 3. The van der Waals surface area contributed by atoms with Crippen molar-refractivity contribution in [3.8, 4) is 17.3 Å². The van der Waals surface area contributed by atoms with Gasteiger partial charge in [0.25, 0.3) is 21.7 Å². The van der Waals surface area contributed by atoms with Crippen LogP contribution in [-0.2, 0) is 16.4 Å². The predicted octanol–water partition coefficient (Wildman–Crippen LogP) is 2.41. The minimum absolute atomic E-state index is 0.0264. The molecule has 0 fully saturated rings. The number of halogens is 2. The standard InChI is InChI=1S/C23H19ClFN9O5S/c24-15-10-13(9-14(18(15)35)19(26)36)40(37,38)33-12-4-3-11(16(25)8-12)5-6-28-22-30-21(27)34-23(31-22)29-20(32-34)17-2-1-7-39-17/h1-4,7-10,33,35H,5-6H2,(H2,26,36)(H3,27,28,29,30,31,32). The molecule has 0 bridgehead atoms. The van der Waals surface area contributed by atoms with Crippen LogP contribution in [0.5, 0.6) is 5.75 Å². The third kappa shape index (κ3) is 5.29. The van der Waals surface area contributed by atoms with Crippen molar-refractivity contribution in [3.05, 3.63) is 70.7 Å². The fourth-order valence-corrected chi connectivity index (χ4v) is 5.03. The van der Waals surface area contributed by atoms with Crippen LogP contribution in [0.2, 0.25) is 5.02 Å². The normalized spacial score (nSPS) is 11.6. The van der Waals surface area contributed by atoms with Gasteiger partial charge >= 0.3 is 0 Å². The predicted molar refractivity (Wildman–Crippen MR) is 142 cm³/mol. The molecule has 0 saturated heterocycles. The monoisotopic (exact) mass is 587 g/mol. The molecule has 206 valence electrons. The number of nitrogens with two attached hydrogens (primary N) is 2. The average Bonchev–Trinajstić information content (AvgIpc) is 3.57. The summed E-state index contributed by atoms with van der Waals surface area (Å²) in [7, 11) is -4.31. The van der Waals surface area contributed by atoms with Crippen molar-refractivity contribution in [2.75, 3.05) is 22.3 Å². The average molecular weight is 588 g/mol. The molecule has 17 heteroatoms. The Labute approximate surface area is 229 Å². The summed E-state index contributed by atoms with van der Waals surface area (Å²) in [5.41, 5.74) is 10.8. The van der Waals surface area contributed by atoms with Gasteiger partial charge in [-0.25, -0.2) is 12.8 Å². The van der Waals surface area contributed by atoms with Gasteiger partial charge in [-0.05, 0) is 48.4 Å². The molecule has 0 aliphatic heterocycles. The summed E-state index contributed by atoms with van der Waals surface area (Å²) < 4.78 is 49.1. The van der Waals surface area contributed by atoms with E-state index < -0.39 is 43.0 Å². The fraction of sp³-hybridized carbons (Fsp3) is 0.0870. The Kier molecular flexibility index (Phi) is 6.87. The number of furan rings is 1. The Bertz CT molecular complexity index is 1860. The SMILES string of the molecule is NC(=O)c1cc(S(=O)(=O)Nc2ccc(CCNc3nc(N)n4nc(-c5ccco5)nc4n3)c(F)c2)cc(Cl)c1O. The lowest BCUT2D eigenvalue weighted by Gasteiger charge is -2.12. The Morgan fingerprint density at radius 2 is 1.98 bits per heavy atom. The van der Waals surface area contributed by atoms with E-state index in [9.17, 15) is 22.7 Å². The second kappa shape index (κ2) is 10.3. The molecule has 0 radical (unpaired) electrons. The van der Waals surface area contributed by atoms with Crippen LogP contribution in [0.3, 0.4) is 0 Å². The molecule has 0 spiro atoms. The van der Waals surface area contributed by atoms with E-state index >= 15 is 0 Å². The number of carbonyl (C=O) groups is 1. The minimum Gasteiger partial charge on any atom is -0.506 e. The van der Waals surface area contributed by atoms with Crippen LogP contribution < -0.4 is 21.5 Å². The molecule has 14 nitrogen and oxygen atoms in total. The highest BCUT2D eigenvalue weighted by Crippen LogP contribution is 2.31. The molecule has 3 heterocycles. The topological polar surface area (TPSA) is 217 Å². The second-order valence-corrected chi connectivity index (χ2v) is 10.4. The van der Waals surface area contributed by atoms with Gasteiger partial charge in [0.2, 0.25) is 17.7 Å². The molecular weight excluding hydrogens is 569 g/mol. The summed E-state index contributed by atoms with van der Waals surface area (Å²) >= 11 is 5.83. The van der Waals surface area contributed by atoms with Crippen LogP contribution in [0, 0.1) is 5.82 Å². The number of sulfonamides is 1. The van der Waals surface area contributed by atoms with Gasteiger partial charge in [-0.2, -0.15) is 19.5 Å². The van der Waals surface area contributed by atoms with Crippen LogP contribution in [0.25, 0.3) is 17.4 Å². The quantitative estimate of drug-likeness (QED) is 0.169. The number of hydrogen-bond donors (Lipinski definition) is 5. The second-order valence-electron chi connectivity index (χ2n) is 8.28. The summed E-state index contributed by atoms with van der Waals surface area (Å²) in [6.45, 7) is 0.207. The van der Waals surface area contributed by atoms with Gasteiger partial charge in [0, 0.05) is 6.54 Å². The van der Waals surface area contributed by atoms with E-state index in [4.69, 9.17) is 27.5 Å². The molecule has 5 aromatic rings. The van der Waals surface area contributed by atoms with E-state index in [2.05, 4.69) is 30.1 Å². The van der Waals surface area contributed by atoms with Crippen LogP contribution in [0.4, 0.5) is 22.0 Å². The van der Waals surface area contributed by atoms with Crippen LogP contribution in [0.1, 0.15) is 15.9 Å². The lowest BCUT2D eigenvalue weighted by atomic mass is 10.1. The zero-order chi connectivity index (χ0) is 28.6. The first-order valence-corrected chi connectivity index (χ1v) is 13.2. The molecule has 40 heavy (non-hydrogen) atoms. The van der Waals surface area contributed by atoms with Crippen molar-refractivity contribution in [1.82, 2.24) is 24.6 Å². The maximum Gasteiger partial charge on any atom is 0.261 e. The summed E-state index contributed by atoms with van der Waals surface area (Å²) in [5, 5.41) is 16.6. The van der Waals surface area contributed by atoms with Crippen molar-refractivity contribution in [2.24, 2.45) is 5.73 Å². The molecule has 0 unspecified atom stereocenters. The van der Waals surface area contributed by atoms with E-state index in [1.807, 2.05) is 0 Å². The minimum atomic E-state index is -4.31. The first kappa shape index (κ1) is 26.6. The van der Waals surface area contributed by atoms with Gasteiger partial charge in [0.05, 0.1) is 27.4 Å². The number of primary amides is 1. The van der Waals surface area contributed by atoms with Gasteiger partial charge in [0.1, 0.15) is 11.6 Å². The molecule has 3 aromatic heterocycles. The number of amides is 1. The highest BCUT2D eigenvalue weighted by atomic mass is 35.5. The Morgan fingerprint density at radius 1 is 1.18 bits per heavy atom. The van der Waals surface area contributed by atoms with Gasteiger partial charge < -0.3 is 26.3 Å². The van der Waals surface area contributed by atoms with Crippen LogP contribution in [0.15, 0.2) is 58.0 Å². The summed E-state index contributed by atoms with van der Waals surface area (Å²) in [6, 6.07) is 8.94. The van der Waals surface area contributed by atoms with E-state index in [0.717, 1.165) is 18.2 Å². The maximum absolute atomic E-state index is 14.8. The Hall–Kier alpha value is -4.96. The van der Waals surface area contributed by atoms with E-state index in [1.54, 1.807) is 12.1 Å². The number of nitrogens with one attached hydrogen (secondary N) is 2. The van der Waals surface area contributed by atoms with Crippen molar-refractivity contribution in [3.63, 3.8) is 0 Å². The maximum atomic E-state index is 14.8. The van der Waals surface area contributed by atoms with Gasteiger partial charge in [-0.1, -0.05) is 17.7 Å². The number of aromatic hydroxyl groups is 1. The number of benzene rings is 2. The fourth-order valence-electron chi connectivity index (χ4n) is 3.65. The van der Waals surface area contributed by atoms with Gasteiger partial charge in [0.15, 0.2) is 5.76 Å². The zero-order valence-corrected chi connectivity index (χ0v) is 21.7. The summed E-state index contributed by atoms with van der Waals surface area (Å²) in [4.78, 5) is 23.7. The van der Waals surface area contributed by atoms with E-state index in [0.29, 0.717) is 5.76 Å². The molecular formula is C23H19ClFN9O5S. The largest absolute Gasteiger partial charge is 0.506 e. The molecule has 0 aliphatic carbocycles. The number of nitrogen functional groups attached to an aromatic ring is 1. The van der Waals surface area contributed by atoms with Crippen LogP contribution in [-0.4, -0.2) is 50.5 Å². The zero-order valence-electron chi connectivity index (χ0n) is 20.2. The highest BCUT2D eigenvalue weighted by molar-refractivity contribution is 7.92. The summed E-state index contributed by atoms with van der Waals surface area (Å²) in [6.07, 6.45) is 1.67. The molecule has 0 aliphatic rings. The third-order valence-electron chi connectivity index (χ3n) is 5.57. The van der Waals surface area contributed by atoms with Gasteiger partial charge in [-0.3, -0.25) is 9.52 Å². The highest BCUT2D eigenvalue weighted by Gasteiger charge is 2.22. The number of aromatic nitrogens is 5. The number of nitrogens with zero attached hydrogens (tertiary/aromatic N) is 5. The molecule has 7 N–H and O–H groups in total. The lowest BCUT2D eigenvalue weighted by molar-refractivity contribution is 0.0997. The van der Waals surface area contributed by atoms with E-state index in [1.165, 1.54) is 22.9 Å². The van der Waals surface area contributed by atoms with Crippen molar-refractivity contribution in [2.45, 2.75) is 11.3 Å². The number of fused-ring (bicyclic) bond motifs is 1. The first-order valence-electron chi connectivity index (χ1n) is 11.3. The first-order chi connectivity index (χ1) is 19.0. The molecule has 0 atom stereocenters. The smallest absolute Gasteiger partial charge is 0.261 e. The molecule has 2 aromatic carbocycles. The van der Waals surface area contributed by atoms with E-state index in [-0.39, 0.29) is 47.7 Å². The Morgan fingerprint density at radius 3 is 2.67 bits per heavy atom. The number of rotatable bonds is 9. The lowest BCUT2D eigenvalue weighted by Crippen LogP contribution is -2.16. The number of carbonyl (C=O) groups excluding carboxylic acids is 1. The van der Waals surface area contributed by atoms with Crippen molar-refractivity contribution < 1.29 is 27.1 Å².